The van der Waals surface area contributed by atoms with E-state index in [1.807, 2.05) is 0 Å². The summed E-state index contributed by atoms with van der Waals surface area (Å²) in [5.41, 5.74) is 5.45. The SMILES string of the molecule is C[C@]12CC(c3ccc(OCCCl)cc3)=C(c3ccc(OC4CCCCO4)cc3)C[C@@H]1CC[C@@H]2OC1CCCCO1. The zero-order chi connectivity index (χ0) is 27.4. The van der Waals surface area contributed by atoms with Gasteiger partial charge in [-0.15, -0.1) is 11.6 Å². The minimum Gasteiger partial charge on any atom is -0.492 e. The van der Waals surface area contributed by atoms with Crippen LogP contribution in [0.4, 0.5) is 0 Å². The Morgan fingerprint density at radius 2 is 1.43 bits per heavy atom. The topological polar surface area (TPSA) is 46.2 Å². The molecule has 2 aromatic carbocycles. The summed E-state index contributed by atoms with van der Waals surface area (Å²) >= 11 is 5.84. The first kappa shape index (κ1) is 28.1. The van der Waals surface area contributed by atoms with Crippen molar-refractivity contribution in [1.82, 2.24) is 0 Å². The van der Waals surface area contributed by atoms with E-state index in [4.69, 9.17) is 35.3 Å². The van der Waals surface area contributed by atoms with Crippen molar-refractivity contribution < 1.29 is 23.7 Å². The van der Waals surface area contributed by atoms with Crippen molar-refractivity contribution in [2.45, 2.75) is 89.8 Å². The largest absolute Gasteiger partial charge is 0.492 e. The van der Waals surface area contributed by atoms with Crippen molar-refractivity contribution in [3.05, 3.63) is 59.7 Å². The van der Waals surface area contributed by atoms with Gasteiger partial charge in [0.15, 0.2) is 12.6 Å². The van der Waals surface area contributed by atoms with E-state index in [1.165, 1.54) is 35.1 Å². The quantitative estimate of drug-likeness (QED) is 0.286. The average Bonchev–Trinajstić information content (AvgIpc) is 3.31. The molecule has 2 heterocycles. The number of alkyl halides is 1. The van der Waals surface area contributed by atoms with Crippen LogP contribution in [0.1, 0.15) is 82.3 Å². The molecular weight excluding hydrogens is 524 g/mol. The Kier molecular flexibility index (Phi) is 9.03. The van der Waals surface area contributed by atoms with Gasteiger partial charge >= 0.3 is 0 Å². The number of rotatable bonds is 9. The molecule has 2 unspecified atom stereocenters. The molecule has 4 aliphatic rings. The minimum absolute atomic E-state index is 0.0535. The zero-order valence-corrected chi connectivity index (χ0v) is 24.5. The number of ether oxygens (including phenoxy) is 5. The molecule has 0 spiro atoms. The van der Waals surface area contributed by atoms with Gasteiger partial charge in [-0.05, 0) is 110 Å². The summed E-state index contributed by atoms with van der Waals surface area (Å²) in [6.07, 6.45) is 10.9. The summed E-state index contributed by atoms with van der Waals surface area (Å²) in [5.74, 6) is 2.79. The molecular formula is C34H43ClO5. The normalized spacial score (nSPS) is 30.6. The second-order valence-corrected chi connectivity index (χ2v) is 12.4. The van der Waals surface area contributed by atoms with Crippen LogP contribution in [0.15, 0.2) is 48.5 Å². The first-order valence-electron chi connectivity index (χ1n) is 15.3. The third-order valence-electron chi connectivity index (χ3n) is 9.43. The van der Waals surface area contributed by atoms with Crippen molar-refractivity contribution in [2.75, 3.05) is 25.7 Å². The average molecular weight is 567 g/mol. The smallest absolute Gasteiger partial charge is 0.199 e. The second-order valence-electron chi connectivity index (χ2n) is 12.0. The lowest BCUT2D eigenvalue weighted by molar-refractivity contribution is -0.207. The van der Waals surface area contributed by atoms with Crippen molar-refractivity contribution in [2.24, 2.45) is 11.3 Å². The van der Waals surface area contributed by atoms with E-state index < -0.39 is 0 Å². The number of benzene rings is 2. The Bertz CT molecular complexity index is 1130. The molecule has 3 fully saturated rings. The lowest BCUT2D eigenvalue weighted by Gasteiger charge is -2.43. The Morgan fingerprint density at radius 3 is 2.08 bits per heavy atom. The Labute approximate surface area is 244 Å². The van der Waals surface area contributed by atoms with E-state index in [0.717, 1.165) is 76.1 Å². The Morgan fingerprint density at radius 1 is 0.775 bits per heavy atom. The lowest BCUT2D eigenvalue weighted by atomic mass is 9.64. The van der Waals surface area contributed by atoms with E-state index in [1.54, 1.807) is 0 Å². The molecule has 6 rings (SSSR count). The third-order valence-corrected chi connectivity index (χ3v) is 9.58. The van der Waals surface area contributed by atoms with Gasteiger partial charge in [-0.25, -0.2) is 0 Å². The molecule has 1 saturated carbocycles. The number of fused-ring (bicyclic) bond motifs is 1. The number of hydrogen-bond acceptors (Lipinski definition) is 5. The van der Waals surface area contributed by atoms with Gasteiger partial charge in [0, 0.05) is 18.4 Å². The van der Waals surface area contributed by atoms with E-state index in [0.29, 0.717) is 18.4 Å². The summed E-state index contributed by atoms with van der Waals surface area (Å²) in [6, 6.07) is 17.2. The highest BCUT2D eigenvalue weighted by atomic mass is 35.5. The monoisotopic (exact) mass is 566 g/mol. The molecule has 2 aliphatic carbocycles. The fraction of sp³-hybridized carbons (Fsp3) is 0.588. The third kappa shape index (κ3) is 6.23. The highest BCUT2D eigenvalue weighted by Gasteiger charge is 2.51. The van der Waals surface area contributed by atoms with Crippen LogP contribution in [0.5, 0.6) is 11.5 Å². The molecule has 0 radical (unpaired) electrons. The molecule has 2 saturated heterocycles. The first-order chi connectivity index (χ1) is 19.6. The van der Waals surface area contributed by atoms with Crippen LogP contribution in [0, 0.1) is 11.3 Å². The van der Waals surface area contributed by atoms with Crippen molar-refractivity contribution in [3.63, 3.8) is 0 Å². The maximum atomic E-state index is 6.70. The van der Waals surface area contributed by atoms with Crippen LogP contribution in [0.25, 0.3) is 11.1 Å². The predicted octanol–water partition coefficient (Wildman–Crippen LogP) is 8.24. The Balaban J connectivity index is 1.28. The molecule has 2 aliphatic heterocycles. The van der Waals surface area contributed by atoms with Gasteiger partial charge in [-0.2, -0.15) is 0 Å². The van der Waals surface area contributed by atoms with E-state index in [-0.39, 0.29) is 24.1 Å². The van der Waals surface area contributed by atoms with Gasteiger partial charge in [0.2, 0.25) is 0 Å². The fourth-order valence-corrected chi connectivity index (χ4v) is 7.20. The molecule has 0 N–H and O–H groups in total. The summed E-state index contributed by atoms with van der Waals surface area (Å²) < 4.78 is 30.4. The molecule has 6 heteroatoms. The van der Waals surface area contributed by atoms with Crippen LogP contribution in [0.3, 0.4) is 0 Å². The second kappa shape index (κ2) is 12.9. The first-order valence-corrected chi connectivity index (χ1v) is 15.8. The van der Waals surface area contributed by atoms with Gasteiger partial charge in [0.1, 0.15) is 18.1 Å². The summed E-state index contributed by atoms with van der Waals surface area (Å²) in [7, 11) is 0. The van der Waals surface area contributed by atoms with Crippen molar-refractivity contribution >= 4 is 22.7 Å². The lowest BCUT2D eigenvalue weighted by Crippen LogP contribution is -2.40. The van der Waals surface area contributed by atoms with Gasteiger partial charge in [-0.1, -0.05) is 31.2 Å². The Hall–Kier alpha value is -2.05. The molecule has 5 nitrogen and oxygen atoms in total. The van der Waals surface area contributed by atoms with Crippen LogP contribution in [0.2, 0.25) is 0 Å². The molecule has 40 heavy (non-hydrogen) atoms. The van der Waals surface area contributed by atoms with E-state index in [9.17, 15) is 0 Å². The highest BCUT2D eigenvalue weighted by molar-refractivity contribution is 6.18. The predicted molar refractivity (Wildman–Crippen MR) is 159 cm³/mol. The van der Waals surface area contributed by atoms with Gasteiger partial charge in [0.25, 0.3) is 0 Å². The molecule has 5 atom stereocenters. The van der Waals surface area contributed by atoms with Crippen LogP contribution in [-0.4, -0.2) is 44.4 Å². The number of allylic oxidation sites excluding steroid dienone is 2. The molecule has 216 valence electrons. The van der Waals surface area contributed by atoms with Crippen LogP contribution in [-0.2, 0) is 14.2 Å². The number of hydrogen-bond donors (Lipinski definition) is 0. The van der Waals surface area contributed by atoms with Crippen LogP contribution >= 0.6 is 11.6 Å². The van der Waals surface area contributed by atoms with Gasteiger partial charge < -0.3 is 23.7 Å². The van der Waals surface area contributed by atoms with Crippen molar-refractivity contribution in [3.8, 4) is 11.5 Å². The highest BCUT2D eigenvalue weighted by Crippen LogP contribution is 2.58. The molecule has 0 amide bonds. The van der Waals surface area contributed by atoms with Gasteiger partial charge in [-0.3, -0.25) is 0 Å². The fourth-order valence-electron chi connectivity index (χ4n) is 7.12. The van der Waals surface area contributed by atoms with E-state index in [2.05, 4.69) is 55.5 Å². The standard InChI is InChI=1S/C34H43ClO5/c1-34-23-30(25-8-13-27(14-9-25)36-21-18-35)29(22-26(34)12-17-31(34)40-33-7-3-5-20-38-33)24-10-15-28(16-11-24)39-32-6-2-4-19-37-32/h8-11,13-16,26,31-33H,2-7,12,17-23H2,1H3/t26-,31-,32?,33?,34-/m0/s1. The summed E-state index contributed by atoms with van der Waals surface area (Å²) in [6.45, 7) is 4.56. The summed E-state index contributed by atoms with van der Waals surface area (Å²) in [4.78, 5) is 0. The van der Waals surface area contributed by atoms with Gasteiger partial charge in [0.05, 0.1) is 18.6 Å². The maximum absolute atomic E-state index is 6.70. The van der Waals surface area contributed by atoms with Crippen LogP contribution < -0.4 is 9.47 Å². The zero-order valence-electron chi connectivity index (χ0n) is 23.7. The molecule has 0 aromatic heterocycles. The maximum Gasteiger partial charge on any atom is 0.199 e. The van der Waals surface area contributed by atoms with Crippen molar-refractivity contribution in [1.29, 1.82) is 0 Å². The molecule has 2 aromatic rings. The minimum atomic E-state index is -0.132. The summed E-state index contributed by atoms with van der Waals surface area (Å²) in [5, 5.41) is 0. The number of halogens is 1. The molecule has 0 bridgehead atoms. The van der Waals surface area contributed by atoms with E-state index >= 15 is 0 Å².